The quantitative estimate of drug-likeness (QED) is 0.132. The molecule has 0 N–H and O–H groups in total. The molecule has 0 saturated carbocycles. The van der Waals surface area contributed by atoms with Gasteiger partial charge >= 0.3 is 0 Å². The van der Waals surface area contributed by atoms with Gasteiger partial charge in [-0.2, -0.15) is 0 Å². The molecule has 0 bridgehead atoms. The maximum absolute atomic E-state index is 15.0. The van der Waals surface area contributed by atoms with Crippen molar-refractivity contribution >= 4 is 62.0 Å². The number of Topliss-reactive ketones (excluding diaryl/α,β-unsaturated/α-hetero) is 2. The van der Waals surface area contributed by atoms with Gasteiger partial charge in [-0.25, -0.2) is 0 Å². The number of nitrogens with zero attached hydrogens (tertiary/aromatic N) is 2. The van der Waals surface area contributed by atoms with E-state index < -0.39 is 10.8 Å². The molecule has 2 heterocycles. The molecular weight excluding hydrogens is 733 g/mol. The fourth-order valence-corrected chi connectivity index (χ4v) is 10.1. The second-order valence-electron chi connectivity index (χ2n) is 17.2. The van der Waals surface area contributed by atoms with E-state index in [-0.39, 0.29) is 17.1 Å². The number of allylic oxidation sites excluding steroid dienone is 1. The summed E-state index contributed by atoms with van der Waals surface area (Å²) in [6.45, 7) is 9.09. The second-order valence-corrected chi connectivity index (χ2v) is 17.2. The summed E-state index contributed by atoms with van der Waals surface area (Å²) < 4.78 is 0. The predicted molar refractivity (Wildman–Crippen MR) is 245 cm³/mol. The Hall–Kier alpha value is -7.30. The molecule has 0 radical (unpaired) electrons. The standard InChI is InChI=1S/C56H42N2O2/c1-55(2)43-23-13-15-25-47(43)57(39-19-7-5-8-20-39)49-29-27-37(33-45(49)55)51(52-53(59)41-31-35-17-11-12-18-36(35)32-42(41)54(52)60)38-28-30-50-46(34-38)56(3,4)44-24-14-16-26-48(44)58(50)40-21-9-6-10-22-40/h5-34H,1-4H3. The zero-order valence-corrected chi connectivity index (χ0v) is 34.0. The van der Waals surface area contributed by atoms with Gasteiger partial charge in [0.15, 0.2) is 11.6 Å². The van der Waals surface area contributed by atoms with E-state index in [0.717, 1.165) is 67.2 Å². The van der Waals surface area contributed by atoms with Gasteiger partial charge in [-0.3, -0.25) is 9.59 Å². The molecule has 0 unspecified atom stereocenters. The Morgan fingerprint density at radius 3 is 1.18 bits per heavy atom. The van der Waals surface area contributed by atoms with Crippen molar-refractivity contribution in [1.82, 2.24) is 0 Å². The average Bonchev–Trinajstić information content (AvgIpc) is 3.51. The van der Waals surface area contributed by atoms with Gasteiger partial charge in [-0.15, -0.1) is 0 Å². The van der Waals surface area contributed by atoms with Crippen molar-refractivity contribution in [2.24, 2.45) is 0 Å². The number of fused-ring (bicyclic) bond motifs is 6. The predicted octanol–water partition coefficient (Wildman–Crippen LogP) is 13.9. The first-order valence-electron chi connectivity index (χ1n) is 20.7. The van der Waals surface area contributed by atoms with E-state index >= 15 is 0 Å². The van der Waals surface area contributed by atoms with Gasteiger partial charge in [0.25, 0.3) is 0 Å². The molecule has 0 saturated heterocycles. The van der Waals surface area contributed by atoms with Crippen LogP contribution in [0, 0.1) is 0 Å². The molecule has 288 valence electrons. The summed E-state index contributed by atoms with van der Waals surface area (Å²) in [6.07, 6.45) is 0. The summed E-state index contributed by atoms with van der Waals surface area (Å²) in [7, 11) is 0. The molecule has 0 aromatic heterocycles. The Labute approximate surface area is 350 Å². The highest BCUT2D eigenvalue weighted by atomic mass is 16.2. The van der Waals surface area contributed by atoms with Crippen LogP contribution in [0.2, 0.25) is 0 Å². The molecule has 8 aromatic rings. The highest BCUT2D eigenvalue weighted by Gasteiger charge is 2.41. The van der Waals surface area contributed by atoms with Crippen molar-refractivity contribution in [3.05, 3.63) is 232 Å². The summed E-state index contributed by atoms with van der Waals surface area (Å²) in [5.41, 5.74) is 13.8. The number of benzene rings is 8. The van der Waals surface area contributed by atoms with Crippen LogP contribution in [0.5, 0.6) is 0 Å². The van der Waals surface area contributed by atoms with Gasteiger partial charge < -0.3 is 9.80 Å². The number of carbonyl (C=O) groups is 2. The Morgan fingerprint density at radius 2 is 0.750 bits per heavy atom. The zero-order chi connectivity index (χ0) is 40.9. The average molecular weight is 775 g/mol. The number of hydrogen-bond donors (Lipinski definition) is 0. The smallest absolute Gasteiger partial charge is 0.198 e. The largest absolute Gasteiger partial charge is 0.310 e. The molecule has 4 nitrogen and oxygen atoms in total. The van der Waals surface area contributed by atoms with E-state index in [0.29, 0.717) is 16.7 Å². The van der Waals surface area contributed by atoms with E-state index in [9.17, 15) is 9.59 Å². The van der Waals surface area contributed by atoms with Gasteiger partial charge in [-0.05, 0) is 117 Å². The van der Waals surface area contributed by atoms with Crippen molar-refractivity contribution < 1.29 is 9.59 Å². The minimum Gasteiger partial charge on any atom is -0.310 e. The van der Waals surface area contributed by atoms with E-state index in [1.165, 1.54) is 11.1 Å². The molecule has 11 rings (SSSR count). The number of hydrogen-bond acceptors (Lipinski definition) is 4. The molecule has 0 spiro atoms. The molecule has 0 fully saturated rings. The molecule has 1 aliphatic carbocycles. The molecule has 4 heteroatoms. The van der Waals surface area contributed by atoms with Crippen LogP contribution in [0.25, 0.3) is 16.3 Å². The molecule has 2 aliphatic heterocycles. The lowest BCUT2D eigenvalue weighted by Crippen LogP contribution is -2.31. The Balaban J connectivity index is 1.18. The van der Waals surface area contributed by atoms with Crippen molar-refractivity contribution in [2.45, 2.75) is 38.5 Å². The van der Waals surface area contributed by atoms with Gasteiger partial charge in [0.05, 0.1) is 28.3 Å². The number of rotatable bonds is 4. The lowest BCUT2D eigenvalue weighted by molar-refractivity contribution is 0.0990. The van der Waals surface area contributed by atoms with Crippen LogP contribution in [-0.4, -0.2) is 11.6 Å². The summed E-state index contributed by atoms with van der Waals surface area (Å²) in [5, 5.41) is 1.87. The summed E-state index contributed by atoms with van der Waals surface area (Å²) >= 11 is 0. The maximum Gasteiger partial charge on any atom is 0.198 e. The zero-order valence-electron chi connectivity index (χ0n) is 34.0. The van der Waals surface area contributed by atoms with E-state index in [2.05, 4.69) is 171 Å². The van der Waals surface area contributed by atoms with Crippen molar-refractivity contribution in [1.29, 1.82) is 0 Å². The number of anilines is 6. The molecule has 0 atom stereocenters. The SMILES string of the molecule is CC1(C)c2ccccc2N(c2ccccc2)c2ccc(C(=C3C(=O)c4cc5ccccc5cc4C3=O)c3ccc4c(c3)C(C)(C)c3ccccc3N4c3ccccc3)cc21. The highest BCUT2D eigenvalue weighted by molar-refractivity contribution is 6.43. The van der Waals surface area contributed by atoms with E-state index in [4.69, 9.17) is 0 Å². The van der Waals surface area contributed by atoms with E-state index in [1.54, 1.807) is 0 Å². The van der Waals surface area contributed by atoms with Crippen LogP contribution in [0.15, 0.2) is 188 Å². The first kappa shape index (κ1) is 35.8. The summed E-state index contributed by atoms with van der Waals surface area (Å²) in [5.74, 6) is -0.477. The second kappa shape index (κ2) is 13.1. The van der Waals surface area contributed by atoms with Crippen LogP contribution in [0.4, 0.5) is 34.1 Å². The lowest BCUT2D eigenvalue weighted by Gasteiger charge is -2.42. The van der Waals surface area contributed by atoms with Crippen molar-refractivity contribution in [3.8, 4) is 0 Å². The summed E-state index contributed by atoms with van der Waals surface area (Å²) in [4.78, 5) is 34.6. The van der Waals surface area contributed by atoms with Crippen molar-refractivity contribution in [3.63, 3.8) is 0 Å². The molecular formula is C56H42N2O2. The maximum atomic E-state index is 15.0. The normalized spacial score (nSPS) is 15.6. The van der Waals surface area contributed by atoms with Crippen LogP contribution >= 0.6 is 0 Å². The van der Waals surface area contributed by atoms with Crippen LogP contribution in [0.3, 0.4) is 0 Å². The van der Waals surface area contributed by atoms with Crippen LogP contribution < -0.4 is 9.80 Å². The number of carbonyl (C=O) groups excluding carboxylic acids is 2. The summed E-state index contributed by atoms with van der Waals surface area (Å²) in [6, 6.07) is 62.9. The number of ketones is 2. The minimum atomic E-state index is -0.398. The highest BCUT2D eigenvalue weighted by Crippen LogP contribution is 2.55. The number of para-hydroxylation sites is 4. The molecule has 60 heavy (non-hydrogen) atoms. The third kappa shape index (κ3) is 5.17. The Morgan fingerprint density at radius 1 is 0.383 bits per heavy atom. The molecule has 8 aromatic carbocycles. The topological polar surface area (TPSA) is 40.6 Å². The fourth-order valence-electron chi connectivity index (χ4n) is 10.1. The third-order valence-corrected chi connectivity index (χ3v) is 13.1. The minimum absolute atomic E-state index is 0.211. The Bertz CT molecular complexity index is 2930. The monoisotopic (exact) mass is 774 g/mol. The van der Waals surface area contributed by atoms with Crippen molar-refractivity contribution in [2.75, 3.05) is 9.80 Å². The van der Waals surface area contributed by atoms with E-state index in [1.807, 2.05) is 48.5 Å². The Kier molecular flexibility index (Phi) is 7.83. The third-order valence-electron chi connectivity index (χ3n) is 13.1. The molecule has 0 amide bonds. The first-order chi connectivity index (χ1) is 29.1. The first-order valence-corrected chi connectivity index (χ1v) is 20.7. The fraction of sp³-hybridized carbons (Fsp3) is 0.107. The van der Waals surface area contributed by atoms with Crippen LogP contribution in [-0.2, 0) is 10.8 Å². The van der Waals surface area contributed by atoms with Gasteiger partial charge in [0.1, 0.15) is 0 Å². The molecule has 3 aliphatic rings. The lowest BCUT2D eigenvalue weighted by atomic mass is 9.71. The van der Waals surface area contributed by atoms with Crippen LogP contribution in [0.1, 0.15) is 81.8 Å². The van der Waals surface area contributed by atoms with Gasteiger partial charge in [0.2, 0.25) is 0 Å². The van der Waals surface area contributed by atoms with Gasteiger partial charge in [-0.1, -0.05) is 137 Å². The van der Waals surface area contributed by atoms with Gasteiger partial charge in [0, 0.05) is 38.9 Å².